The van der Waals surface area contributed by atoms with Gasteiger partial charge in [-0.1, -0.05) is 0 Å². The first-order chi connectivity index (χ1) is 18.4. The van der Waals surface area contributed by atoms with Crippen LogP contribution in [0.15, 0.2) is 24.3 Å². The number of halogens is 2. The lowest BCUT2D eigenvalue weighted by Gasteiger charge is -2.40. The molecule has 0 atom stereocenters. The maximum atomic E-state index is 13.7. The number of piperidine rings is 1. The van der Waals surface area contributed by atoms with Gasteiger partial charge in [-0.25, -0.2) is 22.2 Å². The molecule has 39 heavy (non-hydrogen) atoms. The van der Waals surface area contributed by atoms with Crippen LogP contribution < -0.4 is 19.8 Å². The number of anilines is 4. The van der Waals surface area contributed by atoms with Gasteiger partial charge < -0.3 is 20.2 Å². The number of sulfonamides is 1. The fourth-order valence-corrected chi connectivity index (χ4v) is 6.62. The largest absolute Gasteiger partial charge is 0.395 e. The highest BCUT2D eigenvalue weighted by Gasteiger charge is 2.76. The molecule has 2 aromatic rings. The molecule has 1 aromatic carbocycles. The van der Waals surface area contributed by atoms with Gasteiger partial charge in [0.05, 0.1) is 34.7 Å². The van der Waals surface area contributed by atoms with Crippen LogP contribution >= 0.6 is 0 Å². The van der Waals surface area contributed by atoms with E-state index in [-0.39, 0.29) is 25.3 Å². The third kappa shape index (κ3) is 5.02. The third-order valence-corrected chi connectivity index (χ3v) is 9.83. The number of rotatable bonds is 8. The Morgan fingerprint density at radius 1 is 1.08 bits per heavy atom. The van der Waals surface area contributed by atoms with Gasteiger partial charge in [-0.3, -0.25) is 9.52 Å². The predicted molar refractivity (Wildman–Crippen MR) is 143 cm³/mol. The molecule has 2 saturated heterocycles. The number of nitrogens with one attached hydrogen (secondary N) is 2. The molecular weight excluding hydrogens is 530 g/mol. The van der Waals surface area contributed by atoms with Crippen LogP contribution in [0.5, 0.6) is 0 Å². The first-order valence-electron chi connectivity index (χ1n) is 13.2. The Labute approximate surface area is 225 Å². The van der Waals surface area contributed by atoms with Gasteiger partial charge in [0, 0.05) is 44.4 Å². The molecule has 2 saturated carbocycles. The topological polar surface area (TPSA) is 128 Å². The zero-order valence-electron chi connectivity index (χ0n) is 21.7. The van der Waals surface area contributed by atoms with Gasteiger partial charge >= 0.3 is 0 Å². The molecular formula is C26H32F2N6O4S. The van der Waals surface area contributed by atoms with Crippen molar-refractivity contribution >= 4 is 39.1 Å². The van der Waals surface area contributed by atoms with E-state index in [0.717, 1.165) is 25.9 Å². The minimum atomic E-state index is -3.74. The normalized spacial score (nSPS) is 21.9. The highest BCUT2D eigenvalue weighted by molar-refractivity contribution is 7.92. The monoisotopic (exact) mass is 562 g/mol. The van der Waals surface area contributed by atoms with E-state index in [2.05, 4.69) is 24.9 Å². The summed E-state index contributed by atoms with van der Waals surface area (Å²) in [5.74, 6) is -2.91. The fraction of sp³-hybridized carbons (Fsp3) is 0.577. The summed E-state index contributed by atoms with van der Waals surface area (Å²) in [6.07, 6.45) is 4.36. The Bertz CT molecular complexity index is 1420. The standard InChI is InChI=1S/C26H32F2N6O4S/c1-17-12-21(31-23(29-17)34-15-25(16-34)14-26(25,27)28)30-22(36)19-3-2-18(32-39(37,38)11-10-35)13-20(19)33-8-6-24(4-5-24)7-9-33/h2-3,12-13,32,35H,4-11,14-16H2,1H3,(H,29,30,31,36). The molecule has 3 N–H and O–H groups in total. The highest BCUT2D eigenvalue weighted by Crippen LogP contribution is 2.65. The lowest BCUT2D eigenvalue weighted by molar-refractivity contribution is 0.0516. The molecule has 210 valence electrons. The van der Waals surface area contributed by atoms with Crippen molar-refractivity contribution in [2.24, 2.45) is 10.8 Å². The average molecular weight is 563 g/mol. The minimum Gasteiger partial charge on any atom is -0.395 e. The number of aliphatic hydroxyl groups excluding tert-OH is 1. The fourth-order valence-electron chi connectivity index (χ4n) is 5.79. The van der Waals surface area contributed by atoms with E-state index in [9.17, 15) is 22.0 Å². The molecule has 0 radical (unpaired) electrons. The number of hydrogen-bond donors (Lipinski definition) is 3. The van der Waals surface area contributed by atoms with Crippen molar-refractivity contribution in [3.8, 4) is 0 Å². The Balaban J connectivity index is 1.23. The van der Waals surface area contributed by atoms with Crippen molar-refractivity contribution in [2.45, 2.75) is 45.0 Å². The lowest BCUT2D eigenvalue weighted by atomic mass is 9.93. The molecule has 3 heterocycles. The number of alkyl halides is 2. The van der Waals surface area contributed by atoms with Gasteiger partial charge in [-0.2, -0.15) is 4.98 Å². The molecule has 0 bridgehead atoms. The molecule has 0 unspecified atom stereocenters. The smallest absolute Gasteiger partial charge is 0.258 e. The number of hydrogen-bond acceptors (Lipinski definition) is 8. The molecule has 4 aliphatic rings. The second kappa shape index (κ2) is 8.98. The molecule has 2 aliphatic heterocycles. The Hall–Kier alpha value is -3.06. The van der Waals surface area contributed by atoms with E-state index in [0.29, 0.717) is 34.0 Å². The molecule has 4 fully saturated rings. The maximum absolute atomic E-state index is 13.7. The van der Waals surface area contributed by atoms with E-state index in [1.165, 1.54) is 18.9 Å². The van der Waals surface area contributed by atoms with Crippen molar-refractivity contribution in [1.82, 2.24) is 9.97 Å². The molecule has 6 rings (SSSR count). The average Bonchev–Trinajstić information content (AvgIpc) is 3.72. The van der Waals surface area contributed by atoms with Crippen LogP contribution in [-0.4, -0.2) is 73.9 Å². The Morgan fingerprint density at radius 3 is 2.38 bits per heavy atom. The van der Waals surface area contributed by atoms with Gasteiger partial charge in [0.2, 0.25) is 16.0 Å². The van der Waals surface area contributed by atoms with E-state index >= 15 is 0 Å². The molecule has 1 amide bonds. The van der Waals surface area contributed by atoms with Crippen LogP contribution in [0.1, 0.15) is 48.2 Å². The third-order valence-electron chi connectivity index (χ3n) is 8.56. The van der Waals surface area contributed by atoms with Gasteiger partial charge in [0.25, 0.3) is 11.8 Å². The number of benzene rings is 1. The predicted octanol–water partition coefficient (Wildman–Crippen LogP) is 3.00. The van der Waals surface area contributed by atoms with Gasteiger partial charge in [-0.15, -0.1) is 0 Å². The number of aromatic nitrogens is 2. The minimum absolute atomic E-state index is 0.113. The Kier molecular flexibility index (Phi) is 6.03. The van der Waals surface area contributed by atoms with Crippen LogP contribution in [0.4, 0.5) is 31.9 Å². The summed E-state index contributed by atoms with van der Waals surface area (Å²) in [5, 5.41) is 11.9. The molecule has 1 aromatic heterocycles. The van der Waals surface area contributed by atoms with Crippen molar-refractivity contribution < 1.29 is 27.1 Å². The SMILES string of the molecule is Cc1cc(NC(=O)c2ccc(NS(=O)(=O)CCO)cc2N2CCC3(CC2)CC3)nc(N2CC3(C2)CC3(F)F)n1. The summed E-state index contributed by atoms with van der Waals surface area (Å²) in [7, 11) is -3.74. The zero-order valence-corrected chi connectivity index (χ0v) is 22.5. The van der Waals surface area contributed by atoms with Crippen molar-refractivity contribution in [1.29, 1.82) is 0 Å². The van der Waals surface area contributed by atoms with Crippen LogP contribution in [0.2, 0.25) is 0 Å². The number of carbonyl (C=O) groups is 1. The molecule has 2 spiro atoms. The summed E-state index contributed by atoms with van der Waals surface area (Å²) in [5.41, 5.74) is 1.33. The number of carbonyl (C=O) groups excluding carboxylic acids is 1. The zero-order chi connectivity index (χ0) is 27.6. The van der Waals surface area contributed by atoms with E-state index < -0.39 is 39.6 Å². The van der Waals surface area contributed by atoms with Crippen molar-refractivity contribution in [3.63, 3.8) is 0 Å². The first kappa shape index (κ1) is 26.2. The first-order valence-corrected chi connectivity index (χ1v) is 14.9. The second-order valence-corrected chi connectivity index (χ2v) is 13.4. The van der Waals surface area contributed by atoms with Crippen molar-refractivity contribution in [2.75, 3.05) is 58.4 Å². The quantitative estimate of drug-likeness (QED) is 0.448. The van der Waals surface area contributed by atoms with Gasteiger partial charge in [0.1, 0.15) is 5.82 Å². The summed E-state index contributed by atoms with van der Waals surface area (Å²) in [6, 6.07) is 6.37. The second-order valence-electron chi connectivity index (χ2n) is 11.5. The summed E-state index contributed by atoms with van der Waals surface area (Å²) in [6.45, 7) is 3.13. The number of amides is 1. The van der Waals surface area contributed by atoms with Crippen LogP contribution in [0, 0.1) is 17.8 Å². The van der Waals surface area contributed by atoms with Gasteiger partial charge in [-0.05, 0) is 56.2 Å². The van der Waals surface area contributed by atoms with E-state index in [1.54, 1.807) is 30.0 Å². The van der Waals surface area contributed by atoms with Crippen LogP contribution in [0.25, 0.3) is 0 Å². The number of nitrogens with zero attached hydrogens (tertiary/aromatic N) is 4. The van der Waals surface area contributed by atoms with Crippen LogP contribution in [0.3, 0.4) is 0 Å². The lowest BCUT2D eigenvalue weighted by Crippen LogP contribution is -2.52. The van der Waals surface area contributed by atoms with E-state index in [4.69, 9.17) is 5.11 Å². The molecule has 13 heteroatoms. The molecule has 10 nitrogen and oxygen atoms in total. The van der Waals surface area contributed by atoms with Crippen molar-refractivity contribution in [3.05, 3.63) is 35.5 Å². The molecule has 2 aliphatic carbocycles. The summed E-state index contributed by atoms with van der Waals surface area (Å²) < 4.78 is 54.3. The highest BCUT2D eigenvalue weighted by atomic mass is 32.2. The van der Waals surface area contributed by atoms with E-state index in [1.807, 2.05) is 0 Å². The maximum Gasteiger partial charge on any atom is 0.258 e. The Morgan fingerprint density at radius 2 is 1.77 bits per heavy atom. The number of aliphatic hydroxyl groups is 1. The summed E-state index contributed by atoms with van der Waals surface area (Å²) in [4.78, 5) is 26.1. The summed E-state index contributed by atoms with van der Waals surface area (Å²) >= 11 is 0. The van der Waals surface area contributed by atoms with Gasteiger partial charge in [0.15, 0.2) is 0 Å². The number of aryl methyl sites for hydroxylation is 1. The van der Waals surface area contributed by atoms with Crippen LogP contribution in [-0.2, 0) is 10.0 Å².